The fourth-order valence-corrected chi connectivity index (χ4v) is 10.7. The van der Waals surface area contributed by atoms with Crippen molar-refractivity contribution in [2.45, 2.75) is 322 Å². The lowest BCUT2D eigenvalue weighted by molar-refractivity contribution is -0.161. The van der Waals surface area contributed by atoms with Gasteiger partial charge in [0.25, 0.3) is 0 Å². The molecular formula is C76H132NO8P. The molecule has 0 aliphatic heterocycles. The van der Waals surface area contributed by atoms with Crippen LogP contribution in [0.2, 0.25) is 0 Å². The fourth-order valence-electron chi connectivity index (χ4n) is 9.90. The lowest BCUT2D eigenvalue weighted by atomic mass is 10.0. The second kappa shape index (κ2) is 70.5. The van der Waals surface area contributed by atoms with Gasteiger partial charge < -0.3 is 20.1 Å². The highest BCUT2D eigenvalue weighted by molar-refractivity contribution is 7.47. The average molecular weight is 1220 g/mol. The van der Waals surface area contributed by atoms with Gasteiger partial charge in [-0.15, -0.1) is 0 Å². The number of esters is 2. The molecule has 0 saturated heterocycles. The lowest BCUT2D eigenvalue weighted by Gasteiger charge is -2.19. The van der Waals surface area contributed by atoms with Crippen molar-refractivity contribution < 1.29 is 37.6 Å². The average Bonchev–Trinajstić information content (AvgIpc) is 3.55. The molecule has 0 spiro atoms. The molecule has 0 aliphatic rings. The summed E-state index contributed by atoms with van der Waals surface area (Å²) in [7, 11) is -4.40. The molecule has 0 amide bonds. The van der Waals surface area contributed by atoms with Crippen LogP contribution >= 0.6 is 7.82 Å². The first kappa shape index (κ1) is 82.4. The van der Waals surface area contributed by atoms with Crippen LogP contribution in [0.1, 0.15) is 316 Å². The fraction of sp³-hybridized carbons (Fsp3) is 0.711. The number of phosphoric ester groups is 1. The Morgan fingerprint density at radius 2 is 0.640 bits per heavy atom. The molecule has 0 aromatic carbocycles. The lowest BCUT2D eigenvalue weighted by Crippen LogP contribution is -2.29. The van der Waals surface area contributed by atoms with E-state index in [9.17, 15) is 19.0 Å². The van der Waals surface area contributed by atoms with E-state index in [1.54, 1.807) is 0 Å². The minimum absolute atomic E-state index is 0.0482. The van der Waals surface area contributed by atoms with E-state index in [2.05, 4.69) is 135 Å². The van der Waals surface area contributed by atoms with Crippen LogP contribution in [0.3, 0.4) is 0 Å². The van der Waals surface area contributed by atoms with Crippen molar-refractivity contribution in [3.63, 3.8) is 0 Å². The molecule has 0 bridgehead atoms. The van der Waals surface area contributed by atoms with Crippen molar-refractivity contribution >= 4 is 19.8 Å². The molecule has 0 heterocycles. The van der Waals surface area contributed by atoms with Gasteiger partial charge in [0.15, 0.2) is 6.10 Å². The number of nitrogens with two attached hydrogens (primary N) is 1. The monoisotopic (exact) mass is 1220 g/mol. The number of ether oxygens (including phenoxy) is 2. The highest BCUT2D eigenvalue weighted by Gasteiger charge is 2.26. The van der Waals surface area contributed by atoms with Crippen LogP contribution < -0.4 is 5.73 Å². The van der Waals surface area contributed by atoms with E-state index in [4.69, 9.17) is 24.3 Å². The van der Waals surface area contributed by atoms with Crippen molar-refractivity contribution in [2.24, 2.45) is 5.73 Å². The van der Waals surface area contributed by atoms with Crippen LogP contribution in [-0.4, -0.2) is 49.3 Å². The first-order valence-electron chi connectivity index (χ1n) is 35.5. The summed E-state index contributed by atoms with van der Waals surface area (Å²) in [6.07, 6.45) is 98.6. The van der Waals surface area contributed by atoms with Crippen molar-refractivity contribution in [1.82, 2.24) is 0 Å². The summed E-state index contributed by atoms with van der Waals surface area (Å²) < 4.78 is 33.2. The van der Waals surface area contributed by atoms with Gasteiger partial charge in [-0.3, -0.25) is 18.6 Å². The number of unbranched alkanes of at least 4 members (excludes halogenated alkanes) is 33. The number of rotatable bonds is 66. The van der Waals surface area contributed by atoms with Crippen molar-refractivity contribution in [1.29, 1.82) is 0 Å². The minimum atomic E-state index is -4.40. The Morgan fingerprint density at radius 1 is 0.360 bits per heavy atom. The summed E-state index contributed by atoms with van der Waals surface area (Å²) in [4.78, 5) is 35.4. The smallest absolute Gasteiger partial charge is 0.462 e. The van der Waals surface area contributed by atoms with Crippen LogP contribution in [0.4, 0.5) is 0 Å². The summed E-state index contributed by atoms with van der Waals surface area (Å²) in [6.45, 7) is 3.66. The Morgan fingerprint density at radius 3 is 0.953 bits per heavy atom. The highest BCUT2D eigenvalue weighted by atomic mass is 31.2. The van der Waals surface area contributed by atoms with E-state index < -0.39 is 26.5 Å². The zero-order valence-electron chi connectivity index (χ0n) is 55.5. The summed E-state index contributed by atoms with van der Waals surface area (Å²) in [5, 5.41) is 0. The second-order valence-electron chi connectivity index (χ2n) is 23.4. The first-order chi connectivity index (χ1) is 42.3. The topological polar surface area (TPSA) is 134 Å². The molecule has 0 saturated carbocycles. The van der Waals surface area contributed by atoms with Gasteiger partial charge in [0.1, 0.15) is 6.61 Å². The van der Waals surface area contributed by atoms with Crippen molar-refractivity contribution in [3.05, 3.63) is 122 Å². The maximum atomic E-state index is 12.8. The summed E-state index contributed by atoms with van der Waals surface area (Å²) in [5.41, 5.74) is 5.40. The normalized spacial score (nSPS) is 13.7. The minimum Gasteiger partial charge on any atom is -0.462 e. The Labute approximate surface area is 530 Å². The Balaban J connectivity index is 3.94. The van der Waals surface area contributed by atoms with E-state index in [1.165, 1.54) is 173 Å². The molecule has 2 atom stereocenters. The van der Waals surface area contributed by atoms with E-state index >= 15 is 0 Å². The van der Waals surface area contributed by atoms with Gasteiger partial charge in [-0.2, -0.15) is 0 Å². The predicted octanol–water partition coefficient (Wildman–Crippen LogP) is 23.5. The molecular weight excluding hydrogens is 1090 g/mol. The number of carbonyl (C=O) groups is 2. The quantitative estimate of drug-likeness (QED) is 0.0264. The summed E-state index contributed by atoms with van der Waals surface area (Å²) in [6, 6.07) is 0. The number of hydrogen-bond donors (Lipinski definition) is 2. The third-order valence-electron chi connectivity index (χ3n) is 15.1. The molecule has 0 rings (SSSR count). The Kier molecular flexibility index (Phi) is 67.6. The van der Waals surface area contributed by atoms with Crippen LogP contribution in [0.15, 0.2) is 122 Å². The van der Waals surface area contributed by atoms with E-state index in [1.807, 2.05) is 0 Å². The van der Waals surface area contributed by atoms with E-state index in [0.717, 1.165) is 109 Å². The zero-order chi connectivity index (χ0) is 62.3. The molecule has 2 unspecified atom stereocenters. The van der Waals surface area contributed by atoms with Gasteiger partial charge >= 0.3 is 19.8 Å². The number of hydrogen-bond acceptors (Lipinski definition) is 8. The maximum Gasteiger partial charge on any atom is 0.472 e. The molecule has 494 valence electrons. The van der Waals surface area contributed by atoms with Crippen LogP contribution in [0.5, 0.6) is 0 Å². The number of allylic oxidation sites excluding steroid dienone is 20. The Hall–Kier alpha value is -3.59. The molecule has 0 aromatic heterocycles. The van der Waals surface area contributed by atoms with E-state index in [0.29, 0.717) is 6.42 Å². The predicted molar refractivity (Wildman–Crippen MR) is 371 cm³/mol. The first-order valence-corrected chi connectivity index (χ1v) is 37.0. The van der Waals surface area contributed by atoms with Gasteiger partial charge in [-0.05, 0) is 89.9 Å². The zero-order valence-corrected chi connectivity index (χ0v) is 56.4. The standard InChI is InChI=1S/C76H132NO8P/c1-3-5-7-9-11-13-15-17-19-21-23-25-27-29-31-32-33-34-35-36-37-38-39-40-41-42-43-45-47-49-51-53-55-57-59-61-63-65-67-69-76(79)85-74(73-84-86(80,81)83-71-70-77)72-82-75(78)68-66-64-62-60-58-56-54-52-50-48-46-44-30-28-26-24-22-20-18-16-14-12-10-8-6-4-2/h5,7,11,13,17,19,23,25,29,31,33-34,36-37,39-40,42-43,47,49,74H,3-4,6,8-10,12,14-16,18,20-22,24,26-28,30,32,35,38,41,44-46,48,50-73,77H2,1-2H3,(H,80,81)/b7-5-,13-11-,19-17-,25-23-,31-29-,34-33-,37-36-,40-39-,43-42-,49-47-. The molecule has 0 radical (unpaired) electrons. The third-order valence-corrected chi connectivity index (χ3v) is 16.1. The Bertz CT molecular complexity index is 1830. The second-order valence-corrected chi connectivity index (χ2v) is 24.8. The number of phosphoric acid groups is 1. The molecule has 9 nitrogen and oxygen atoms in total. The maximum absolute atomic E-state index is 12.8. The van der Waals surface area contributed by atoms with Gasteiger partial charge in [-0.1, -0.05) is 334 Å². The molecule has 0 fully saturated rings. The van der Waals surface area contributed by atoms with Gasteiger partial charge in [-0.25, -0.2) is 4.57 Å². The van der Waals surface area contributed by atoms with Gasteiger partial charge in [0.2, 0.25) is 0 Å². The molecule has 10 heteroatoms. The highest BCUT2D eigenvalue weighted by Crippen LogP contribution is 2.43. The van der Waals surface area contributed by atoms with E-state index in [-0.39, 0.29) is 38.6 Å². The van der Waals surface area contributed by atoms with Gasteiger partial charge in [0.05, 0.1) is 13.2 Å². The van der Waals surface area contributed by atoms with Crippen LogP contribution in [0.25, 0.3) is 0 Å². The van der Waals surface area contributed by atoms with Crippen molar-refractivity contribution in [3.8, 4) is 0 Å². The molecule has 0 aliphatic carbocycles. The van der Waals surface area contributed by atoms with Crippen LogP contribution in [-0.2, 0) is 32.7 Å². The summed E-state index contributed by atoms with van der Waals surface area (Å²) >= 11 is 0. The third kappa shape index (κ3) is 69.5. The van der Waals surface area contributed by atoms with Gasteiger partial charge in [0, 0.05) is 19.4 Å². The SMILES string of the molecule is CC/C=C\C/C=C\C/C=C\C/C=C\C/C=C\C/C=C\C/C=C\C/C=C\C/C=C\C/C=C\CCCCCCCCCCC(=O)OC(COC(=O)CCCCCCCCCCCCCCCCCCCCCCCCCCCC)COP(=O)(O)OCCN. The van der Waals surface area contributed by atoms with Crippen molar-refractivity contribution in [2.75, 3.05) is 26.4 Å². The molecule has 86 heavy (non-hydrogen) atoms. The van der Waals surface area contributed by atoms with Crippen LogP contribution in [0, 0.1) is 0 Å². The summed E-state index contributed by atoms with van der Waals surface area (Å²) in [5.74, 6) is -0.831. The molecule has 3 N–H and O–H groups in total. The largest absolute Gasteiger partial charge is 0.472 e. The molecule has 0 aromatic rings. The number of carbonyl (C=O) groups excluding carboxylic acids is 2.